The molecule has 0 unspecified atom stereocenters. The Kier molecular flexibility index (Phi) is 5.81. The molecule has 2 aliphatic rings. The number of rotatable bonds is 4. The van der Waals surface area contributed by atoms with Crippen LogP contribution in [0.1, 0.15) is 64.7 Å². The number of nitrogens with zero attached hydrogens (tertiary/aromatic N) is 5. The van der Waals surface area contributed by atoms with E-state index in [9.17, 15) is 0 Å². The number of likely N-dealkylation sites (tertiary alicyclic amines) is 1. The van der Waals surface area contributed by atoms with Crippen molar-refractivity contribution in [1.29, 1.82) is 0 Å². The molecule has 0 spiro atoms. The number of hydrogen-bond acceptors (Lipinski definition) is 6. The molecular formula is C19H35N5O. The molecular weight excluding hydrogens is 314 g/mol. The molecule has 0 N–H and O–H groups in total. The highest BCUT2D eigenvalue weighted by atomic mass is 16.5. The lowest BCUT2D eigenvalue weighted by Gasteiger charge is -2.41. The molecule has 0 saturated carbocycles. The molecule has 2 saturated heterocycles. The molecule has 3 rings (SSSR count). The van der Waals surface area contributed by atoms with Crippen LogP contribution < -0.4 is 0 Å². The molecule has 0 bridgehead atoms. The second kappa shape index (κ2) is 7.72. The summed E-state index contributed by atoms with van der Waals surface area (Å²) in [5.41, 5.74) is -0.0633. The van der Waals surface area contributed by atoms with E-state index in [0.29, 0.717) is 0 Å². The van der Waals surface area contributed by atoms with Crippen molar-refractivity contribution in [1.82, 2.24) is 24.8 Å². The van der Waals surface area contributed by atoms with Crippen LogP contribution in [-0.4, -0.2) is 77.2 Å². The van der Waals surface area contributed by atoms with E-state index in [1.165, 1.54) is 32.4 Å². The summed E-state index contributed by atoms with van der Waals surface area (Å²) in [6.45, 7) is 15.4. The topological polar surface area (TPSA) is 48.6 Å². The van der Waals surface area contributed by atoms with Crippen LogP contribution in [0.5, 0.6) is 0 Å². The first-order chi connectivity index (χ1) is 11.8. The van der Waals surface area contributed by atoms with Gasteiger partial charge in [0.25, 0.3) is 0 Å². The average molecular weight is 350 g/mol. The predicted molar refractivity (Wildman–Crippen MR) is 99.7 cm³/mol. The summed E-state index contributed by atoms with van der Waals surface area (Å²) in [6, 6.07) is 0.936. The second-order valence-corrected chi connectivity index (χ2v) is 8.85. The predicted octanol–water partition coefficient (Wildman–Crippen LogP) is 2.53. The van der Waals surface area contributed by atoms with Gasteiger partial charge in [-0.3, -0.25) is 9.80 Å². The highest BCUT2D eigenvalue weighted by Crippen LogP contribution is 2.25. The van der Waals surface area contributed by atoms with E-state index in [4.69, 9.17) is 4.52 Å². The Morgan fingerprint density at radius 2 is 1.84 bits per heavy atom. The van der Waals surface area contributed by atoms with E-state index < -0.39 is 0 Å². The Morgan fingerprint density at radius 1 is 1.12 bits per heavy atom. The van der Waals surface area contributed by atoms with Crippen LogP contribution in [0.3, 0.4) is 0 Å². The molecule has 0 radical (unpaired) electrons. The molecule has 25 heavy (non-hydrogen) atoms. The molecule has 2 aliphatic heterocycles. The van der Waals surface area contributed by atoms with Crippen molar-refractivity contribution in [3.63, 3.8) is 0 Å². The van der Waals surface area contributed by atoms with Crippen molar-refractivity contribution in [2.75, 3.05) is 46.3 Å². The number of piperazine rings is 1. The molecule has 6 heteroatoms. The molecule has 142 valence electrons. The molecule has 2 atom stereocenters. The van der Waals surface area contributed by atoms with Gasteiger partial charge in [0.2, 0.25) is 5.89 Å². The first-order valence-corrected chi connectivity index (χ1v) is 9.85. The largest absolute Gasteiger partial charge is 0.338 e. The monoisotopic (exact) mass is 349 g/mol. The van der Waals surface area contributed by atoms with Crippen LogP contribution in [0.2, 0.25) is 0 Å². The van der Waals surface area contributed by atoms with E-state index >= 15 is 0 Å². The van der Waals surface area contributed by atoms with Crippen molar-refractivity contribution in [3.8, 4) is 0 Å². The quantitative estimate of drug-likeness (QED) is 0.832. The summed E-state index contributed by atoms with van der Waals surface area (Å²) in [4.78, 5) is 12.3. The molecule has 1 aromatic rings. The lowest BCUT2D eigenvalue weighted by molar-refractivity contribution is 0.0613. The maximum atomic E-state index is 5.55. The van der Waals surface area contributed by atoms with Crippen LogP contribution >= 0.6 is 0 Å². The fourth-order valence-electron chi connectivity index (χ4n) is 3.87. The average Bonchev–Trinajstić information content (AvgIpc) is 3.07. The highest BCUT2D eigenvalue weighted by molar-refractivity contribution is 5.02. The number of aromatic nitrogens is 2. The minimum atomic E-state index is -0.0633. The summed E-state index contributed by atoms with van der Waals surface area (Å²) in [7, 11) is 2.28. The standard InChI is InChI=1S/C19H35N5O/c1-15(17-20-18(21-25-17)19(2,3)4)24-12-10-23(11-13-24)14-16-8-6-7-9-22(16)5/h15-16H,6-14H2,1-5H3/t15-,16-/m1/s1. The number of hydrogen-bond donors (Lipinski definition) is 0. The molecule has 6 nitrogen and oxygen atoms in total. The fourth-order valence-corrected chi connectivity index (χ4v) is 3.87. The van der Waals surface area contributed by atoms with Crippen molar-refractivity contribution >= 4 is 0 Å². The summed E-state index contributed by atoms with van der Waals surface area (Å²) in [6.07, 6.45) is 4.10. The van der Waals surface area contributed by atoms with Crippen LogP contribution in [-0.2, 0) is 5.41 Å². The zero-order chi connectivity index (χ0) is 18.0. The van der Waals surface area contributed by atoms with Gasteiger partial charge >= 0.3 is 0 Å². The Morgan fingerprint density at radius 3 is 2.44 bits per heavy atom. The molecule has 1 aromatic heterocycles. The van der Waals surface area contributed by atoms with E-state index in [1.54, 1.807) is 0 Å². The van der Waals surface area contributed by atoms with Crippen LogP contribution in [0.15, 0.2) is 4.52 Å². The van der Waals surface area contributed by atoms with E-state index in [0.717, 1.165) is 43.9 Å². The van der Waals surface area contributed by atoms with Gasteiger partial charge in [-0.15, -0.1) is 0 Å². The van der Waals surface area contributed by atoms with Gasteiger partial charge in [0.15, 0.2) is 5.82 Å². The lowest BCUT2D eigenvalue weighted by Crippen LogP contribution is -2.52. The molecule has 0 amide bonds. The SMILES string of the molecule is C[C@H](c1nc(C(C)(C)C)no1)N1CCN(C[C@H]2CCCCN2C)CC1. The van der Waals surface area contributed by atoms with Gasteiger partial charge in [-0.05, 0) is 33.4 Å². The van der Waals surface area contributed by atoms with Crippen LogP contribution in [0, 0.1) is 0 Å². The third-order valence-corrected chi connectivity index (χ3v) is 5.82. The van der Waals surface area contributed by atoms with Crippen molar-refractivity contribution < 1.29 is 4.52 Å². The Labute approximate surface area is 152 Å². The van der Waals surface area contributed by atoms with Gasteiger partial charge in [0, 0.05) is 44.2 Å². The highest BCUT2D eigenvalue weighted by Gasteiger charge is 2.29. The van der Waals surface area contributed by atoms with E-state index in [2.05, 4.69) is 59.6 Å². The van der Waals surface area contributed by atoms with Crippen molar-refractivity contribution in [2.45, 2.75) is 64.5 Å². The molecule has 3 heterocycles. The summed E-state index contributed by atoms with van der Waals surface area (Å²) in [5.74, 6) is 1.55. The van der Waals surface area contributed by atoms with Gasteiger partial charge in [0.1, 0.15) is 0 Å². The van der Waals surface area contributed by atoms with Crippen molar-refractivity contribution in [3.05, 3.63) is 11.7 Å². The van der Waals surface area contributed by atoms with Gasteiger partial charge in [-0.25, -0.2) is 0 Å². The summed E-state index contributed by atoms with van der Waals surface area (Å²) >= 11 is 0. The minimum absolute atomic E-state index is 0.0633. The Bertz CT molecular complexity index is 544. The van der Waals surface area contributed by atoms with Crippen LogP contribution in [0.4, 0.5) is 0 Å². The summed E-state index contributed by atoms with van der Waals surface area (Å²) < 4.78 is 5.55. The summed E-state index contributed by atoms with van der Waals surface area (Å²) in [5, 5.41) is 4.18. The van der Waals surface area contributed by atoms with E-state index in [1.807, 2.05) is 0 Å². The van der Waals surface area contributed by atoms with Gasteiger partial charge < -0.3 is 9.42 Å². The molecule has 2 fully saturated rings. The first-order valence-electron chi connectivity index (χ1n) is 9.85. The second-order valence-electron chi connectivity index (χ2n) is 8.85. The maximum Gasteiger partial charge on any atom is 0.243 e. The Balaban J connectivity index is 1.50. The Hall–Kier alpha value is -0.980. The number of likely N-dealkylation sites (N-methyl/N-ethyl adjacent to an activating group) is 1. The maximum absolute atomic E-state index is 5.55. The van der Waals surface area contributed by atoms with Crippen LogP contribution in [0.25, 0.3) is 0 Å². The third kappa shape index (κ3) is 4.60. The molecule has 0 aliphatic carbocycles. The molecule has 0 aromatic carbocycles. The van der Waals surface area contributed by atoms with E-state index in [-0.39, 0.29) is 11.5 Å². The third-order valence-electron chi connectivity index (χ3n) is 5.82. The normalized spacial score (nSPS) is 26.0. The van der Waals surface area contributed by atoms with Gasteiger partial charge in [0.05, 0.1) is 6.04 Å². The van der Waals surface area contributed by atoms with Crippen molar-refractivity contribution in [2.24, 2.45) is 0 Å². The smallest absolute Gasteiger partial charge is 0.243 e. The van der Waals surface area contributed by atoms with Gasteiger partial charge in [-0.1, -0.05) is 32.3 Å². The van der Waals surface area contributed by atoms with Gasteiger partial charge in [-0.2, -0.15) is 4.98 Å². The fraction of sp³-hybridized carbons (Fsp3) is 0.895. The lowest BCUT2D eigenvalue weighted by atomic mass is 9.96. The zero-order valence-corrected chi connectivity index (χ0v) is 16.7. The number of piperidine rings is 1. The zero-order valence-electron chi connectivity index (χ0n) is 16.7. The first kappa shape index (κ1) is 18.8. The minimum Gasteiger partial charge on any atom is -0.338 e.